The minimum Gasteiger partial charge on any atom is -0.354 e. The summed E-state index contributed by atoms with van der Waals surface area (Å²) < 4.78 is 5.53. The van der Waals surface area contributed by atoms with Crippen LogP contribution in [-0.4, -0.2) is 51.2 Å². The first-order valence-corrected chi connectivity index (χ1v) is 10.4. The standard InChI is InChI=1S/C19H22N6OS/c1-13(19-22-18(23-26-19)15-3-2-12-27-15)24-8-10-25(11-9-24)16-6-7-20-17(21-16)14-4-5-14/h2-3,6-7,12-14H,4-5,8-11H2,1H3. The number of anilines is 1. The van der Waals surface area contributed by atoms with Crippen LogP contribution in [-0.2, 0) is 0 Å². The maximum atomic E-state index is 5.53. The number of hydrogen-bond acceptors (Lipinski definition) is 8. The average molecular weight is 382 g/mol. The molecule has 2 aliphatic rings. The molecule has 27 heavy (non-hydrogen) atoms. The number of piperazine rings is 1. The van der Waals surface area contributed by atoms with E-state index in [2.05, 4.69) is 31.8 Å². The third-order valence-corrected chi connectivity index (χ3v) is 6.19. The van der Waals surface area contributed by atoms with Crippen LogP contribution in [0.4, 0.5) is 5.82 Å². The SMILES string of the molecule is CC(c1nc(-c2cccs2)no1)N1CCN(c2ccnc(C3CC3)n2)CC1. The molecular weight excluding hydrogens is 360 g/mol. The van der Waals surface area contributed by atoms with Crippen molar-refractivity contribution in [3.05, 3.63) is 41.5 Å². The molecule has 1 saturated carbocycles. The summed E-state index contributed by atoms with van der Waals surface area (Å²) in [6.45, 7) is 5.91. The Kier molecular flexibility index (Phi) is 4.37. The highest BCUT2D eigenvalue weighted by Crippen LogP contribution is 2.38. The smallest absolute Gasteiger partial charge is 0.244 e. The molecule has 2 fully saturated rings. The van der Waals surface area contributed by atoms with Crippen molar-refractivity contribution in [2.24, 2.45) is 0 Å². The van der Waals surface area contributed by atoms with E-state index in [0.29, 0.717) is 17.6 Å². The van der Waals surface area contributed by atoms with Gasteiger partial charge in [0.1, 0.15) is 11.6 Å². The lowest BCUT2D eigenvalue weighted by Gasteiger charge is -2.37. The number of aromatic nitrogens is 4. The first kappa shape index (κ1) is 16.8. The van der Waals surface area contributed by atoms with E-state index in [-0.39, 0.29) is 6.04 Å². The summed E-state index contributed by atoms with van der Waals surface area (Å²) >= 11 is 1.62. The summed E-state index contributed by atoms with van der Waals surface area (Å²) in [5, 5.41) is 6.16. The molecule has 3 aromatic rings. The Morgan fingerprint density at radius 2 is 2.00 bits per heavy atom. The molecule has 1 atom stereocenters. The lowest BCUT2D eigenvalue weighted by atomic mass is 10.2. The summed E-state index contributed by atoms with van der Waals surface area (Å²) in [7, 11) is 0. The Morgan fingerprint density at radius 1 is 1.15 bits per heavy atom. The number of rotatable bonds is 5. The minimum absolute atomic E-state index is 0.112. The van der Waals surface area contributed by atoms with E-state index in [0.717, 1.165) is 42.7 Å². The van der Waals surface area contributed by atoms with Gasteiger partial charge in [0.25, 0.3) is 0 Å². The largest absolute Gasteiger partial charge is 0.354 e. The molecular formula is C19H22N6OS. The van der Waals surface area contributed by atoms with E-state index >= 15 is 0 Å². The summed E-state index contributed by atoms with van der Waals surface area (Å²) in [4.78, 5) is 19.6. The normalized spacial score (nSPS) is 19.4. The summed E-state index contributed by atoms with van der Waals surface area (Å²) in [5.74, 6) is 4.01. The fourth-order valence-corrected chi connectivity index (χ4v) is 4.13. The molecule has 0 aromatic carbocycles. The second-order valence-corrected chi connectivity index (χ2v) is 8.13. The van der Waals surface area contributed by atoms with E-state index in [9.17, 15) is 0 Å². The van der Waals surface area contributed by atoms with E-state index in [1.165, 1.54) is 12.8 Å². The van der Waals surface area contributed by atoms with Gasteiger partial charge in [0.2, 0.25) is 11.7 Å². The lowest BCUT2D eigenvalue weighted by Crippen LogP contribution is -2.47. The fraction of sp³-hybridized carbons (Fsp3) is 0.474. The van der Waals surface area contributed by atoms with Gasteiger partial charge in [0, 0.05) is 38.3 Å². The van der Waals surface area contributed by atoms with Crippen molar-refractivity contribution in [1.82, 2.24) is 25.0 Å². The molecule has 0 bridgehead atoms. The van der Waals surface area contributed by atoms with Crippen LogP contribution in [0.5, 0.6) is 0 Å². The topological polar surface area (TPSA) is 71.2 Å². The highest BCUT2D eigenvalue weighted by atomic mass is 32.1. The van der Waals surface area contributed by atoms with Crippen molar-refractivity contribution in [2.75, 3.05) is 31.1 Å². The van der Waals surface area contributed by atoms with Crippen LogP contribution in [0.2, 0.25) is 0 Å². The number of thiophene rings is 1. The van der Waals surface area contributed by atoms with E-state index in [4.69, 9.17) is 9.51 Å². The van der Waals surface area contributed by atoms with Gasteiger partial charge >= 0.3 is 0 Å². The predicted molar refractivity (Wildman–Crippen MR) is 104 cm³/mol. The molecule has 140 valence electrons. The van der Waals surface area contributed by atoms with E-state index in [1.807, 2.05) is 29.8 Å². The van der Waals surface area contributed by atoms with Crippen molar-refractivity contribution in [3.8, 4) is 10.7 Å². The van der Waals surface area contributed by atoms with Crippen LogP contribution in [0, 0.1) is 0 Å². The van der Waals surface area contributed by atoms with Gasteiger partial charge in [0.05, 0.1) is 10.9 Å². The van der Waals surface area contributed by atoms with Crippen molar-refractivity contribution in [2.45, 2.75) is 31.7 Å². The molecule has 1 saturated heterocycles. The van der Waals surface area contributed by atoms with Crippen LogP contribution < -0.4 is 4.90 Å². The van der Waals surface area contributed by atoms with Gasteiger partial charge in [-0.2, -0.15) is 4.98 Å². The Bertz CT molecular complexity index is 899. The van der Waals surface area contributed by atoms with Gasteiger partial charge in [0.15, 0.2) is 0 Å². The molecule has 5 rings (SSSR count). The summed E-state index contributed by atoms with van der Waals surface area (Å²) in [5.41, 5.74) is 0. The first-order chi connectivity index (χ1) is 13.3. The van der Waals surface area contributed by atoms with Crippen molar-refractivity contribution in [3.63, 3.8) is 0 Å². The van der Waals surface area contributed by atoms with Gasteiger partial charge in [-0.25, -0.2) is 9.97 Å². The quantitative estimate of drug-likeness (QED) is 0.670. The van der Waals surface area contributed by atoms with Gasteiger partial charge in [-0.3, -0.25) is 4.90 Å². The van der Waals surface area contributed by atoms with Crippen molar-refractivity contribution >= 4 is 17.2 Å². The van der Waals surface area contributed by atoms with E-state index < -0.39 is 0 Å². The van der Waals surface area contributed by atoms with Crippen molar-refractivity contribution < 1.29 is 4.52 Å². The number of hydrogen-bond donors (Lipinski definition) is 0. The lowest BCUT2D eigenvalue weighted by molar-refractivity contribution is 0.164. The monoisotopic (exact) mass is 382 g/mol. The van der Waals surface area contributed by atoms with Crippen LogP contribution >= 0.6 is 11.3 Å². The molecule has 1 aliphatic heterocycles. The molecule has 4 heterocycles. The molecule has 8 heteroatoms. The molecule has 0 spiro atoms. The van der Waals surface area contributed by atoms with Gasteiger partial charge < -0.3 is 9.42 Å². The van der Waals surface area contributed by atoms with Crippen molar-refractivity contribution in [1.29, 1.82) is 0 Å². The highest BCUT2D eigenvalue weighted by molar-refractivity contribution is 7.13. The Balaban J connectivity index is 1.23. The van der Waals surface area contributed by atoms with Gasteiger partial charge in [-0.05, 0) is 37.3 Å². The third-order valence-electron chi connectivity index (χ3n) is 5.33. The molecule has 7 nitrogen and oxygen atoms in total. The average Bonchev–Trinajstić information content (AvgIpc) is 3.21. The zero-order valence-electron chi connectivity index (χ0n) is 15.3. The van der Waals surface area contributed by atoms with Crippen LogP contribution in [0.25, 0.3) is 10.7 Å². The predicted octanol–water partition coefficient (Wildman–Crippen LogP) is 3.35. The first-order valence-electron chi connectivity index (χ1n) is 9.47. The highest BCUT2D eigenvalue weighted by Gasteiger charge is 2.29. The zero-order valence-corrected chi connectivity index (χ0v) is 16.1. The Labute approximate surface area is 162 Å². The van der Waals surface area contributed by atoms with Gasteiger partial charge in [-0.1, -0.05) is 11.2 Å². The summed E-state index contributed by atoms with van der Waals surface area (Å²) in [6.07, 6.45) is 4.36. The maximum Gasteiger partial charge on any atom is 0.244 e. The second kappa shape index (κ2) is 7.01. The minimum atomic E-state index is 0.112. The zero-order chi connectivity index (χ0) is 18.2. The molecule has 1 aliphatic carbocycles. The Hall–Kier alpha value is -2.32. The summed E-state index contributed by atoms with van der Waals surface area (Å²) in [6, 6.07) is 6.15. The molecule has 0 N–H and O–H groups in total. The maximum absolute atomic E-state index is 5.53. The van der Waals surface area contributed by atoms with Gasteiger partial charge in [-0.15, -0.1) is 11.3 Å². The van der Waals surface area contributed by atoms with E-state index in [1.54, 1.807) is 11.3 Å². The molecule has 1 unspecified atom stereocenters. The fourth-order valence-electron chi connectivity index (χ4n) is 3.48. The van der Waals surface area contributed by atoms with Crippen LogP contribution in [0.1, 0.15) is 43.4 Å². The third kappa shape index (κ3) is 3.46. The van der Waals surface area contributed by atoms with Crippen LogP contribution in [0.15, 0.2) is 34.3 Å². The molecule has 3 aromatic heterocycles. The Morgan fingerprint density at radius 3 is 2.74 bits per heavy atom. The second-order valence-electron chi connectivity index (χ2n) is 7.18. The molecule has 0 radical (unpaired) electrons. The molecule has 0 amide bonds. The van der Waals surface area contributed by atoms with Crippen LogP contribution in [0.3, 0.4) is 0 Å². The number of nitrogens with zero attached hydrogens (tertiary/aromatic N) is 6.